The first-order valence-corrected chi connectivity index (χ1v) is 9.91. The first kappa shape index (κ1) is 24.0. The van der Waals surface area contributed by atoms with Crippen LogP contribution in [-0.2, 0) is 19.4 Å². The fraction of sp³-hybridized carbons (Fsp3) is 0.238. The van der Waals surface area contributed by atoms with Crippen molar-refractivity contribution in [1.82, 2.24) is 29.7 Å². The average Bonchev–Trinajstić information content (AvgIpc) is 2.79. The van der Waals surface area contributed by atoms with Crippen LogP contribution in [0.15, 0.2) is 47.8 Å². The molecule has 1 aromatic carbocycles. The predicted octanol–water partition coefficient (Wildman–Crippen LogP) is 4.39. The van der Waals surface area contributed by atoms with Gasteiger partial charge in [0.1, 0.15) is 23.5 Å². The molecule has 0 aliphatic carbocycles. The minimum Gasteiger partial charge on any atom is -0.361 e. The molecule has 3 aromatic heterocycles. The second-order valence-corrected chi connectivity index (χ2v) is 7.47. The molecule has 0 amide bonds. The number of aromatic nitrogens is 6. The van der Waals surface area contributed by atoms with E-state index in [0.29, 0.717) is 6.07 Å². The number of halogens is 6. The fourth-order valence-corrected chi connectivity index (χ4v) is 3.43. The SMILES string of the molecule is CC(Nc1ncnc2c(C(F)(F)F)cc(C(F)(F)F)cc12)c1nccnc1-c1ccc(=O)n(C)n1. The molecule has 14 heteroatoms. The monoisotopic (exact) mass is 495 g/mol. The lowest BCUT2D eigenvalue weighted by atomic mass is 10.0. The molecule has 0 spiro atoms. The van der Waals surface area contributed by atoms with Gasteiger partial charge in [0.25, 0.3) is 5.56 Å². The molecular formula is C21H15F6N7O. The molecule has 4 rings (SSSR count). The first-order chi connectivity index (χ1) is 16.4. The van der Waals surface area contributed by atoms with Crippen molar-refractivity contribution in [3.05, 3.63) is 70.2 Å². The van der Waals surface area contributed by atoms with E-state index >= 15 is 0 Å². The Labute approximate surface area is 192 Å². The maximum Gasteiger partial charge on any atom is 0.418 e. The summed E-state index contributed by atoms with van der Waals surface area (Å²) in [5, 5.41) is 6.46. The number of alkyl halides is 6. The number of fused-ring (bicyclic) bond motifs is 1. The van der Waals surface area contributed by atoms with E-state index in [9.17, 15) is 31.1 Å². The van der Waals surface area contributed by atoms with Crippen molar-refractivity contribution >= 4 is 16.7 Å². The highest BCUT2D eigenvalue weighted by atomic mass is 19.4. The Morgan fingerprint density at radius 2 is 1.66 bits per heavy atom. The van der Waals surface area contributed by atoms with E-state index in [2.05, 4.69) is 30.4 Å². The molecule has 1 N–H and O–H groups in total. The molecule has 3 heterocycles. The quantitative estimate of drug-likeness (QED) is 0.420. The van der Waals surface area contributed by atoms with Crippen molar-refractivity contribution in [2.24, 2.45) is 7.05 Å². The Morgan fingerprint density at radius 1 is 0.943 bits per heavy atom. The van der Waals surface area contributed by atoms with Crippen LogP contribution in [0, 0.1) is 0 Å². The Kier molecular flexibility index (Phi) is 5.90. The topological polar surface area (TPSA) is 98.5 Å². The molecule has 1 unspecified atom stereocenters. The minimum absolute atomic E-state index is 0.0225. The van der Waals surface area contributed by atoms with Crippen LogP contribution in [0.25, 0.3) is 22.3 Å². The van der Waals surface area contributed by atoms with E-state index in [1.807, 2.05) is 0 Å². The van der Waals surface area contributed by atoms with Gasteiger partial charge in [0.05, 0.1) is 28.4 Å². The summed E-state index contributed by atoms with van der Waals surface area (Å²) < 4.78 is 81.8. The van der Waals surface area contributed by atoms with Crippen LogP contribution in [0.2, 0.25) is 0 Å². The first-order valence-electron chi connectivity index (χ1n) is 9.91. The van der Waals surface area contributed by atoms with Crippen LogP contribution in [0.3, 0.4) is 0 Å². The highest BCUT2D eigenvalue weighted by Gasteiger charge is 2.39. The molecule has 8 nitrogen and oxygen atoms in total. The molecule has 0 saturated carbocycles. The lowest BCUT2D eigenvalue weighted by Crippen LogP contribution is -2.19. The second-order valence-electron chi connectivity index (χ2n) is 7.47. The Bertz CT molecular complexity index is 1470. The molecule has 182 valence electrons. The van der Waals surface area contributed by atoms with Crippen molar-refractivity contribution in [3.8, 4) is 11.4 Å². The van der Waals surface area contributed by atoms with Crippen molar-refractivity contribution in [3.63, 3.8) is 0 Å². The van der Waals surface area contributed by atoms with Gasteiger partial charge in [-0.15, -0.1) is 0 Å². The van der Waals surface area contributed by atoms with Crippen LogP contribution < -0.4 is 10.9 Å². The zero-order chi connectivity index (χ0) is 25.5. The summed E-state index contributed by atoms with van der Waals surface area (Å²) >= 11 is 0. The predicted molar refractivity (Wildman–Crippen MR) is 112 cm³/mol. The number of anilines is 1. The van der Waals surface area contributed by atoms with Gasteiger partial charge in [-0.3, -0.25) is 14.8 Å². The third kappa shape index (κ3) is 4.76. The Hall–Kier alpha value is -4.10. The lowest BCUT2D eigenvalue weighted by molar-refractivity contribution is -0.142. The van der Waals surface area contributed by atoms with Gasteiger partial charge in [-0.05, 0) is 25.1 Å². The van der Waals surface area contributed by atoms with Crippen molar-refractivity contribution < 1.29 is 26.3 Å². The maximum atomic E-state index is 13.5. The van der Waals surface area contributed by atoms with Gasteiger partial charge in [-0.25, -0.2) is 14.6 Å². The molecule has 35 heavy (non-hydrogen) atoms. The van der Waals surface area contributed by atoms with Gasteiger partial charge >= 0.3 is 12.4 Å². The summed E-state index contributed by atoms with van der Waals surface area (Å²) in [4.78, 5) is 27.6. The number of hydrogen-bond donors (Lipinski definition) is 1. The van der Waals surface area contributed by atoms with E-state index in [4.69, 9.17) is 0 Å². The van der Waals surface area contributed by atoms with E-state index < -0.39 is 40.4 Å². The van der Waals surface area contributed by atoms with Crippen LogP contribution in [0.1, 0.15) is 29.8 Å². The molecule has 0 radical (unpaired) electrons. The smallest absolute Gasteiger partial charge is 0.361 e. The highest BCUT2D eigenvalue weighted by molar-refractivity contribution is 5.92. The molecule has 0 bridgehead atoms. The zero-order valence-corrected chi connectivity index (χ0v) is 18.0. The minimum atomic E-state index is -5.08. The zero-order valence-electron chi connectivity index (χ0n) is 18.0. The molecule has 0 fully saturated rings. The number of nitrogens with one attached hydrogen (secondary N) is 1. The van der Waals surface area contributed by atoms with Crippen LogP contribution in [0.4, 0.5) is 32.2 Å². The molecule has 4 aromatic rings. The van der Waals surface area contributed by atoms with E-state index in [0.717, 1.165) is 11.0 Å². The van der Waals surface area contributed by atoms with E-state index in [1.165, 1.54) is 31.6 Å². The highest BCUT2D eigenvalue weighted by Crippen LogP contribution is 2.41. The standard InChI is InChI=1S/C21H15F6N7O/c1-10(16-18(29-6-5-28-16)14-3-4-15(35)34(2)33-14)32-19-12-7-11(20(22,23)24)8-13(21(25,26)27)17(12)30-9-31-19/h3-10H,1-2H3,(H,30,31,32). The van der Waals surface area contributed by atoms with E-state index in [-0.39, 0.29) is 34.5 Å². The second kappa shape index (κ2) is 8.60. The van der Waals surface area contributed by atoms with Gasteiger partial charge < -0.3 is 5.32 Å². The number of hydrogen-bond acceptors (Lipinski definition) is 7. The molecular weight excluding hydrogens is 480 g/mol. The fourth-order valence-electron chi connectivity index (χ4n) is 3.43. The summed E-state index contributed by atoms with van der Waals surface area (Å²) in [5.41, 5.74) is -3.25. The number of rotatable bonds is 4. The van der Waals surface area contributed by atoms with Crippen molar-refractivity contribution in [2.75, 3.05) is 5.32 Å². The van der Waals surface area contributed by atoms with E-state index in [1.54, 1.807) is 6.92 Å². The summed E-state index contributed by atoms with van der Waals surface area (Å²) in [6.07, 6.45) is -6.54. The number of nitrogens with zero attached hydrogens (tertiary/aromatic N) is 6. The third-order valence-corrected chi connectivity index (χ3v) is 5.06. The summed E-state index contributed by atoms with van der Waals surface area (Å²) in [5.74, 6) is -0.260. The Balaban J connectivity index is 1.83. The Morgan fingerprint density at radius 3 is 2.31 bits per heavy atom. The molecule has 0 aliphatic rings. The van der Waals surface area contributed by atoms with Crippen LogP contribution >= 0.6 is 0 Å². The van der Waals surface area contributed by atoms with Crippen molar-refractivity contribution in [1.29, 1.82) is 0 Å². The van der Waals surface area contributed by atoms with Crippen LogP contribution in [-0.4, -0.2) is 29.7 Å². The molecule has 1 atom stereocenters. The average molecular weight is 495 g/mol. The maximum absolute atomic E-state index is 13.5. The molecule has 0 aliphatic heterocycles. The summed E-state index contributed by atoms with van der Waals surface area (Å²) in [6.45, 7) is 1.57. The van der Waals surface area contributed by atoms with Gasteiger partial charge in [0, 0.05) is 30.9 Å². The largest absolute Gasteiger partial charge is 0.418 e. The number of aryl methyl sites for hydroxylation is 1. The molecule has 0 saturated heterocycles. The van der Waals surface area contributed by atoms with Gasteiger partial charge in [0.2, 0.25) is 0 Å². The number of benzene rings is 1. The van der Waals surface area contributed by atoms with Gasteiger partial charge in [-0.1, -0.05) is 0 Å². The summed E-state index contributed by atoms with van der Waals surface area (Å²) in [7, 11) is 1.44. The van der Waals surface area contributed by atoms with Crippen molar-refractivity contribution in [2.45, 2.75) is 25.3 Å². The van der Waals surface area contributed by atoms with Crippen LogP contribution in [0.5, 0.6) is 0 Å². The lowest BCUT2D eigenvalue weighted by Gasteiger charge is -2.19. The third-order valence-electron chi connectivity index (χ3n) is 5.06. The normalized spacial score (nSPS) is 13.1. The van der Waals surface area contributed by atoms with Gasteiger partial charge in [-0.2, -0.15) is 31.4 Å². The summed E-state index contributed by atoms with van der Waals surface area (Å²) in [6, 6.07) is 2.49. The van der Waals surface area contributed by atoms with Gasteiger partial charge in [0.15, 0.2) is 0 Å².